The zero-order valence-electron chi connectivity index (χ0n) is 17.0. The maximum absolute atomic E-state index is 12.9. The second-order valence-corrected chi connectivity index (χ2v) is 7.25. The molecule has 1 saturated heterocycles. The summed E-state index contributed by atoms with van der Waals surface area (Å²) >= 11 is 0. The van der Waals surface area contributed by atoms with Gasteiger partial charge in [-0.2, -0.15) is 0 Å². The van der Waals surface area contributed by atoms with Crippen LogP contribution in [0.3, 0.4) is 0 Å². The molecule has 3 aromatic rings. The molecule has 0 radical (unpaired) electrons. The summed E-state index contributed by atoms with van der Waals surface area (Å²) in [6.07, 6.45) is 0. The fraction of sp³-hybridized carbons (Fsp3) is 0.409. The number of benzene rings is 2. The zero-order chi connectivity index (χ0) is 20.2. The molecule has 2 heterocycles. The van der Waals surface area contributed by atoms with Gasteiger partial charge in [0, 0.05) is 44.8 Å². The van der Waals surface area contributed by atoms with E-state index in [0.717, 1.165) is 56.1 Å². The Hall–Kier alpha value is -2.93. The Bertz CT molecular complexity index is 975. The maximum Gasteiger partial charge on any atom is 0.254 e. The van der Waals surface area contributed by atoms with E-state index >= 15 is 0 Å². The van der Waals surface area contributed by atoms with Gasteiger partial charge < -0.3 is 9.64 Å². The normalized spacial score (nSPS) is 15.0. The standard InChI is InChI=1S/C22H27N5O2/c1-3-27-21-10-7-18(15-20(21)23-24-27)22(28)26-13-11-25(12-14-26)16-17-5-8-19(9-6-17)29-4-2/h5-10,15H,3-4,11-14,16H2,1-2H3. The molecule has 1 fully saturated rings. The van der Waals surface area contributed by atoms with E-state index in [1.54, 1.807) is 0 Å². The van der Waals surface area contributed by atoms with Crippen LogP contribution in [0.15, 0.2) is 42.5 Å². The highest BCUT2D eigenvalue weighted by Crippen LogP contribution is 2.18. The molecule has 0 bridgehead atoms. The minimum atomic E-state index is 0.0682. The average molecular weight is 393 g/mol. The van der Waals surface area contributed by atoms with E-state index in [-0.39, 0.29) is 5.91 Å². The molecule has 4 rings (SSSR count). The molecule has 0 saturated carbocycles. The van der Waals surface area contributed by atoms with Crippen molar-refractivity contribution >= 4 is 16.9 Å². The van der Waals surface area contributed by atoms with Gasteiger partial charge in [-0.15, -0.1) is 5.10 Å². The molecule has 1 aliphatic heterocycles. The Balaban J connectivity index is 1.34. The van der Waals surface area contributed by atoms with Crippen LogP contribution in [0.2, 0.25) is 0 Å². The average Bonchev–Trinajstić information content (AvgIpc) is 3.18. The van der Waals surface area contributed by atoms with Crippen molar-refractivity contribution in [3.05, 3.63) is 53.6 Å². The van der Waals surface area contributed by atoms with Crippen LogP contribution in [0, 0.1) is 0 Å². The van der Waals surface area contributed by atoms with Crippen LogP contribution in [-0.2, 0) is 13.1 Å². The van der Waals surface area contributed by atoms with Crippen molar-refractivity contribution in [2.24, 2.45) is 0 Å². The van der Waals surface area contributed by atoms with E-state index in [1.165, 1.54) is 5.56 Å². The van der Waals surface area contributed by atoms with Gasteiger partial charge in [-0.25, -0.2) is 4.68 Å². The number of ether oxygens (including phenoxy) is 1. The Morgan fingerprint density at radius 3 is 2.48 bits per heavy atom. The lowest BCUT2D eigenvalue weighted by atomic mass is 10.1. The number of carbonyl (C=O) groups excluding carboxylic acids is 1. The Labute approximate surface area is 170 Å². The van der Waals surface area contributed by atoms with Gasteiger partial charge in [-0.05, 0) is 49.7 Å². The van der Waals surface area contributed by atoms with Crippen LogP contribution in [0.25, 0.3) is 11.0 Å². The number of amides is 1. The molecule has 0 N–H and O–H groups in total. The highest BCUT2D eigenvalue weighted by Gasteiger charge is 2.22. The molecule has 1 aliphatic rings. The van der Waals surface area contributed by atoms with Gasteiger partial charge in [-0.1, -0.05) is 17.3 Å². The van der Waals surface area contributed by atoms with E-state index in [1.807, 2.05) is 53.8 Å². The predicted octanol–water partition coefficient (Wildman–Crippen LogP) is 2.81. The summed E-state index contributed by atoms with van der Waals surface area (Å²) in [6, 6.07) is 13.9. The minimum absolute atomic E-state index is 0.0682. The van der Waals surface area contributed by atoms with E-state index in [4.69, 9.17) is 4.74 Å². The number of aromatic nitrogens is 3. The van der Waals surface area contributed by atoms with E-state index in [0.29, 0.717) is 12.2 Å². The highest BCUT2D eigenvalue weighted by molar-refractivity contribution is 5.97. The lowest BCUT2D eigenvalue weighted by Crippen LogP contribution is -2.48. The van der Waals surface area contributed by atoms with Gasteiger partial charge in [0.05, 0.1) is 12.1 Å². The predicted molar refractivity (Wildman–Crippen MR) is 112 cm³/mol. The third-order valence-electron chi connectivity index (χ3n) is 5.36. The number of nitrogens with zero attached hydrogens (tertiary/aromatic N) is 5. The van der Waals surface area contributed by atoms with Gasteiger partial charge in [0.1, 0.15) is 11.3 Å². The van der Waals surface area contributed by atoms with E-state index in [2.05, 4.69) is 27.3 Å². The topological polar surface area (TPSA) is 63.5 Å². The van der Waals surface area contributed by atoms with Gasteiger partial charge in [-0.3, -0.25) is 9.69 Å². The lowest BCUT2D eigenvalue weighted by Gasteiger charge is -2.34. The van der Waals surface area contributed by atoms with Crippen molar-refractivity contribution < 1.29 is 9.53 Å². The van der Waals surface area contributed by atoms with Gasteiger partial charge in [0.25, 0.3) is 5.91 Å². The second kappa shape index (κ2) is 8.61. The summed E-state index contributed by atoms with van der Waals surface area (Å²) in [5.74, 6) is 0.973. The number of aryl methyl sites for hydroxylation is 1. The second-order valence-electron chi connectivity index (χ2n) is 7.25. The Morgan fingerprint density at radius 2 is 1.79 bits per heavy atom. The van der Waals surface area contributed by atoms with Gasteiger partial charge in [0.15, 0.2) is 0 Å². The molecule has 1 aromatic heterocycles. The molecular weight excluding hydrogens is 366 g/mol. The first-order valence-electron chi connectivity index (χ1n) is 10.2. The van der Waals surface area contributed by atoms with E-state index in [9.17, 15) is 4.79 Å². The number of rotatable bonds is 6. The first kappa shape index (κ1) is 19.4. The van der Waals surface area contributed by atoms with Crippen molar-refractivity contribution in [3.63, 3.8) is 0 Å². The molecule has 29 heavy (non-hydrogen) atoms. The number of carbonyl (C=O) groups is 1. The van der Waals surface area contributed by atoms with Gasteiger partial charge in [0.2, 0.25) is 0 Å². The SMILES string of the molecule is CCOc1ccc(CN2CCN(C(=O)c3ccc4c(c3)nnn4CC)CC2)cc1. The van der Waals surface area contributed by atoms with Crippen LogP contribution < -0.4 is 4.74 Å². The molecule has 2 aromatic carbocycles. The van der Waals surface area contributed by atoms with Crippen LogP contribution in [0.4, 0.5) is 0 Å². The maximum atomic E-state index is 12.9. The highest BCUT2D eigenvalue weighted by atomic mass is 16.5. The molecule has 152 valence electrons. The monoisotopic (exact) mass is 393 g/mol. The number of piperazine rings is 1. The van der Waals surface area contributed by atoms with Gasteiger partial charge >= 0.3 is 0 Å². The summed E-state index contributed by atoms with van der Waals surface area (Å²) in [7, 11) is 0. The largest absolute Gasteiger partial charge is 0.494 e. The minimum Gasteiger partial charge on any atom is -0.494 e. The van der Waals surface area contributed by atoms with Crippen LogP contribution in [0.5, 0.6) is 5.75 Å². The van der Waals surface area contributed by atoms with Crippen molar-refractivity contribution in [2.45, 2.75) is 26.9 Å². The fourth-order valence-corrected chi connectivity index (χ4v) is 3.75. The number of fused-ring (bicyclic) bond motifs is 1. The first-order chi connectivity index (χ1) is 14.2. The molecule has 0 atom stereocenters. The third-order valence-corrected chi connectivity index (χ3v) is 5.36. The lowest BCUT2D eigenvalue weighted by molar-refractivity contribution is 0.0628. The molecule has 0 spiro atoms. The Morgan fingerprint density at radius 1 is 1.03 bits per heavy atom. The van der Waals surface area contributed by atoms with Crippen molar-refractivity contribution in [1.82, 2.24) is 24.8 Å². The van der Waals surface area contributed by atoms with Crippen molar-refractivity contribution in [3.8, 4) is 5.75 Å². The summed E-state index contributed by atoms with van der Waals surface area (Å²) in [5.41, 5.74) is 3.68. The quantitative estimate of drug-likeness (QED) is 0.644. The Kier molecular flexibility index (Phi) is 5.76. The zero-order valence-corrected chi connectivity index (χ0v) is 17.0. The fourth-order valence-electron chi connectivity index (χ4n) is 3.75. The first-order valence-corrected chi connectivity index (χ1v) is 10.2. The van der Waals surface area contributed by atoms with Crippen LogP contribution in [0.1, 0.15) is 29.8 Å². The number of hydrogen-bond donors (Lipinski definition) is 0. The number of hydrogen-bond acceptors (Lipinski definition) is 5. The molecule has 1 amide bonds. The smallest absolute Gasteiger partial charge is 0.254 e. The molecular formula is C22H27N5O2. The van der Waals surface area contributed by atoms with Crippen LogP contribution in [-0.4, -0.2) is 63.5 Å². The molecule has 0 unspecified atom stereocenters. The summed E-state index contributed by atoms with van der Waals surface area (Å²) in [6.45, 7) is 9.55. The third kappa shape index (κ3) is 4.24. The molecule has 7 heteroatoms. The van der Waals surface area contributed by atoms with Crippen LogP contribution >= 0.6 is 0 Å². The van der Waals surface area contributed by atoms with Crippen molar-refractivity contribution in [1.29, 1.82) is 0 Å². The summed E-state index contributed by atoms with van der Waals surface area (Å²) < 4.78 is 7.34. The summed E-state index contributed by atoms with van der Waals surface area (Å²) in [5, 5.41) is 8.30. The molecule has 7 nitrogen and oxygen atoms in total. The van der Waals surface area contributed by atoms with E-state index < -0.39 is 0 Å². The van der Waals surface area contributed by atoms with Crippen molar-refractivity contribution in [2.75, 3.05) is 32.8 Å². The summed E-state index contributed by atoms with van der Waals surface area (Å²) in [4.78, 5) is 17.2. The molecule has 0 aliphatic carbocycles.